The molecule has 0 atom stereocenters. The van der Waals surface area contributed by atoms with E-state index in [9.17, 15) is 9.59 Å². The Hall–Kier alpha value is -3.10. The van der Waals surface area contributed by atoms with E-state index in [1.165, 1.54) is 11.8 Å². The Morgan fingerprint density at radius 1 is 1.13 bits per heavy atom. The van der Waals surface area contributed by atoms with Gasteiger partial charge in [0, 0.05) is 6.04 Å². The number of carbonyl (C=O) groups is 2. The first-order valence-corrected chi connectivity index (χ1v) is 10.6. The van der Waals surface area contributed by atoms with Crippen molar-refractivity contribution in [1.82, 2.24) is 0 Å². The summed E-state index contributed by atoms with van der Waals surface area (Å²) in [5.74, 6) is -0.477. The standard InChI is InChI=1S/C23H24N2O5S/c1-16(2)24-23-25(18-6-4-3-5-7-18)22(28)20(31-23)14-17-8-10-19(11-9-17)30-13-12-29-15-21(26)27/h3-11,14,16H,12-13,15H2,1-2H3,(H,26,27)/b20-14-,24-23-. The Morgan fingerprint density at radius 3 is 2.48 bits per heavy atom. The van der Waals surface area contributed by atoms with E-state index in [-0.39, 0.29) is 31.8 Å². The molecule has 1 N–H and O–H groups in total. The fraction of sp³-hybridized carbons (Fsp3) is 0.261. The maximum absolute atomic E-state index is 13.1. The number of aliphatic carboxylic acids is 1. The van der Waals surface area contributed by atoms with Crippen molar-refractivity contribution >= 4 is 40.6 Å². The highest BCUT2D eigenvalue weighted by Gasteiger charge is 2.34. The van der Waals surface area contributed by atoms with E-state index >= 15 is 0 Å². The molecule has 0 saturated carbocycles. The zero-order valence-corrected chi connectivity index (χ0v) is 18.2. The number of hydrogen-bond donors (Lipinski definition) is 1. The molecule has 0 radical (unpaired) electrons. The van der Waals surface area contributed by atoms with Crippen LogP contribution in [0.2, 0.25) is 0 Å². The summed E-state index contributed by atoms with van der Waals surface area (Å²) < 4.78 is 10.5. The van der Waals surface area contributed by atoms with Gasteiger partial charge in [-0.3, -0.25) is 14.7 Å². The topological polar surface area (TPSA) is 88.4 Å². The zero-order valence-electron chi connectivity index (χ0n) is 17.4. The monoisotopic (exact) mass is 440 g/mol. The molecule has 1 saturated heterocycles. The lowest BCUT2D eigenvalue weighted by Gasteiger charge is -2.16. The first-order valence-electron chi connectivity index (χ1n) is 9.83. The summed E-state index contributed by atoms with van der Waals surface area (Å²) in [6, 6.07) is 16.9. The van der Waals surface area contributed by atoms with Crippen molar-refractivity contribution in [1.29, 1.82) is 0 Å². The molecule has 2 aromatic rings. The molecule has 2 aromatic carbocycles. The van der Waals surface area contributed by atoms with Gasteiger partial charge in [-0.05, 0) is 61.5 Å². The number of carbonyl (C=O) groups excluding carboxylic acids is 1. The Balaban J connectivity index is 1.69. The van der Waals surface area contributed by atoms with Gasteiger partial charge in [-0.15, -0.1) is 0 Å². The van der Waals surface area contributed by atoms with Gasteiger partial charge >= 0.3 is 5.97 Å². The van der Waals surface area contributed by atoms with Gasteiger partial charge in [0.25, 0.3) is 5.91 Å². The van der Waals surface area contributed by atoms with E-state index in [1.807, 2.05) is 62.4 Å². The van der Waals surface area contributed by atoms with Crippen molar-refractivity contribution in [2.45, 2.75) is 19.9 Å². The van der Waals surface area contributed by atoms with Gasteiger partial charge < -0.3 is 14.6 Å². The minimum absolute atomic E-state index is 0.0665. The van der Waals surface area contributed by atoms with E-state index in [0.717, 1.165) is 11.3 Å². The van der Waals surface area contributed by atoms with Crippen LogP contribution < -0.4 is 9.64 Å². The molecule has 3 rings (SSSR count). The average Bonchev–Trinajstić information content (AvgIpc) is 3.03. The molecule has 1 fully saturated rings. The fourth-order valence-corrected chi connectivity index (χ4v) is 3.89. The van der Waals surface area contributed by atoms with Crippen LogP contribution in [0.15, 0.2) is 64.5 Å². The third kappa shape index (κ3) is 6.44. The highest BCUT2D eigenvalue weighted by Crippen LogP contribution is 2.36. The van der Waals surface area contributed by atoms with Crippen LogP contribution in [0.4, 0.5) is 5.69 Å². The van der Waals surface area contributed by atoms with Crippen LogP contribution in [-0.2, 0) is 14.3 Å². The molecule has 31 heavy (non-hydrogen) atoms. The summed E-state index contributed by atoms with van der Waals surface area (Å²) in [4.78, 5) is 30.4. The molecule has 0 aliphatic carbocycles. The lowest BCUT2D eigenvalue weighted by atomic mass is 10.2. The molecule has 0 bridgehead atoms. The number of aliphatic imine (C=N–C) groups is 1. The third-order valence-corrected chi connectivity index (χ3v) is 5.07. The lowest BCUT2D eigenvalue weighted by molar-refractivity contribution is -0.142. The number of ether oxygens (including phenoxy) is 2. The summed E-state index contributed by atoms with van der Waals surface area (Å²) in [7, 11) is 0. The van der Waals surface area contributed by atoms with Crippen molar-refractivity contribution in [3.05, 3.63) is 65.1 Å². The van der Waals surface area contributed by atoms with Gasteiger partial charge in [0.05, 0.1) is 17.2 Å². The van der Waals surface area contributed by atoms with Crippen LogP contribution in [0.3, 0.4) is 0 Å². The molecule has 1 aliphatic rings. The van der Waals surface area contributed by atoms with Crippen molar-refractivity contribution in [3.8, 4) is 5.75 Å². The van der Waals surface area contributed by atoms with E-state index in [0.29, 0.717) is 15.8 Å². The van der Waals surface area contributed by atoms with Gasteiger partial charge in [0.1, 0.15) is 19.0 Å². The number of amides is 1. The van der Waals surface area contributed by atoms with Crippen LogP contribution in [0.1, 0.15) is 19.4 Å². The van der Waals surface area contributed by atoms with Gasteiger partial charge in [0.15, 0.2) is 5.17 Å². The van der Waals surface area contributed by atoms with Gasteiger partial charge in [0.2, 0.25) is 0 Å². The van der Waals surface area contributed by atoms with Crippen molar-refractivity contribution in [2.75, 3.05) is 24.7 Å². The van der Waals surface area contributed by atoms with E-state index in [4.69, 9.17) is 14.6 Å². The van der Waals surface area contributed by atoms with Crippen LogP contribution in [-0.4, -0.2) is 48.0 Å². The van der Waals surface area contributed by atoms with Gasteiger partial charge in [-0.2, -0.15) is 0 Å². The van der Waals surface area contributed by atoms with Crippen molar-refractivity contribution in [2.24, 2.45) is 4.99 Å². The second-order valence-corrected chi connectivity index (χ2v) is 7.97. The van der Waals surface area contributed by atoms with E-state index < -0.39 is 5.97 Å². The summed E-state index contributed by atoms with van der Waals surface area (Å²) in [5, 5.41) is 9.19. The second kappa shape index (κ2) is 10.8. The van der Waals surface area contributed by atoms with Crippen LogP contribution in [0.5, 0.6) is 5.75 Å². The predicted molar refractivity (Wildman–Crippen MR) is 122 cm³/mol. The van der Waals surface area contributed by atoms with Crippen LogP contribution in [0.25, 0.3) is 6.08 Å². The molecule has 1 amide bonds. The lowest BCUT2D eigenvalue weighted by Crippen LogP contribution is -2.29. The number of hydrogen-bond acceptors (Lipinski definition) is 6. The molecule has 0 unspecified atom stereocenters. The predicted octanol–water partition coefficient (Wildman–Crippen LogP) is 4.05. The number of thioether (sulfide) groups is 1. The molecule has 8 heteroatoms. The molecular weight excluding hydrogens is 416 g/mol. The van der Waals surface area contributed by atoms with E-state index in [1.54, 1.807) is 17.0 Å². The minimum atomic E-state index is -1.01. The first-order chi connectivity index (χ1) is 14.9. The fourth-order valence-electron chi connectivity index (χ4n) is 2.78. The highest BCUT2D eigenvalue weighted by atomic mass is 32.2. The normalized spacial score (nSPS) is 16.5. The van der Waals surface area contributed by atoms with Gasteiger partial charge in [-0.25, -0.2) is 4.79 Å². The number of anilines is 1. The second-order valence-electron chi connectivity index (χ2n) is 6.96. The molecule has 162 valence electrons. The number of amidine groups is 1. The highest BCUT2D eigenvalue weighted by molar-refractivity contribution is 8.19. The summed E-state index contributed by atoms with van der Waals surface area (Å²) >= 11 is 1.36. The number of rotatable bonds is 9. The maximum Gasteiger partial charge on any atom is 0.329 e. The minimum Gasteiger partial charge on any atom is -0.491 e. The molecule has 1 aliphatic heterocycles. The smallest absolute Gasteiger partial charge is 0.329 e. The number of para-hydroxylation sites is 1. The number of carboxylic acids is 1. The number of benzene rings is 2. The molecule has 0 spiro atoms. The summed E-state index contributed by atoms with van der Waals surface area (Å²) in [5.41, 5.74) is 1.65. The zero-order chi connectivity index (χ0) is 22.2. The number of nitrogens with zero attached hydrogens (tertiary/aromatic N) is 2. The first kappa shape index (κ1) is 22.6. The van der Waals surface area contributed by atoms with Crippen molar-refractivity contribution in [3.63, 3.8) is 0 Å². The van der Waals surface area contributed by atoms with Crippen LogP contribution >= 0.6 is 11.8 Å². The van der Waals surface area contributed by atoms with Gasteiger partial charge in [-0.1, -0.05) is 30.3 Å². The number of carboxylic acid groups (broad SMARTS) is 1. The Morgan fingerprint density at radius 2 is 1.84 bits per heavy atom. The Bertz CT molecular complexity index is 971. The SMILES string of the molecule is CC(C)/N=C1\S/C(=C\c2ccc(OCCOCC(=O)O)cc2)C(=O)N1c1ccccc1. The summed E-state index contributed by atoms with van der Waals surface area (Å²) in [6.45, 7) is 4.06. The quantitative estimate of drug-likeness (QED) is 0.467. The molecule has 0 aromatic heterocycles. The van der Waals surface area contributed by atoms with Crippen molar-refractivity contribution < 1.29 is 24.2 Å². The largest absolute Gasteiger partial charge is 0.491 e. The molecule has 1 heterocycles. The molecular formula is C23H24N2O5S. The van der Waals surface area contributed by atoms with E-state index in [2.05, 4.69) is 4.99 Å². The average molecular weight is 441 g/mol. The summed E-state index contributed by atoms with van der Waals surface area (Å²) in [6.07, 6.45) is 1.84. The Labute approximate surface area is 185 Å². The van der Waals surface area contributed by atoms with Crippen LogP contribution in [0, 0.1) is 0 Å². The Kier molecular flexibility index (Phi) is 7.86. The molecule has 7 nitrogen and oxygen atoms in total. The third-order valence-electron chi connectivity index (χ3n) is 4.09. The maximum atomic E-state index is 13.1.